The average Bonchev–Trinajstić information content (AvgIpc) is 3.31. The molecule has 5 rings (SSSR count). The number of carboxylic acids is 1. The quantitative estimate of drug-likeness (QED) is 0.436. The van der Waals surface area contributed by atoms with Crippen molar-refractivity contribution < 1.29 is 27.8 Å². The summed E-state index contributed by atoms with van der Waals surface area (Å²) in [7, 11) is 0. The zero-order valence-electron chi connectivity index (χ0n) is 20.2. The number of ether oxygens (including phenoxy) is 1. The molecule has 200 valence electrons. The fourth-order valence-electron chi connectivity index (χ4n) is 5.08. The summed E-state index contributed by atoms with van der Waals surface area (Å²) in [6.45, 7) is 1.72. The summed E-state index contributed by atoms with van der Waals surface area (Å²) in [6, 6.07) is 6.58. The van der Waals surface area contributed by atoms with Crippen LogP contribution in [0.2, 0.25) is 0 Å². The number of benzene rings is 1. The predicted molar refractivity (Wildman–Crippen MR) is 131 cm³/mol. The summed E-state index contributed by atoms with van der Waals surface area (Å²) < 4.78 is 47.5. The minimum Gasteiger partial charge on any atom is -0.480 e. The van der Waals surface area contributed by atoms with Gasteiger partial charge in [0, 0.05) is 49.2 Å². The third-order valence-corrected chi connectivity index (χ3v) is 7.16. The van der Waals surface area contributed by atoms with Crippen LogP contribution in [-0.2, 0) is 4.79 Å². The van der Waals surface area contributed by atoms with Crippen molar-refractivity contribution in [3.8, 4) is 17.0 Å². The minimum atomic E-state index is -4.72. The van der Waals surface area contributed by atoms with Gasteiger partial charge < -0.3 is 25.8 Å². The van der Waals surface area contributed by atoms with Gasteiger partial charge in [-0.15, -0.1) is 0 Å². The number of rotatable bonds is 6. The van der Waals surface area contributed by atoms with E-state index in [0.29, 0.717) is 55.8 Å². The van der Waals surface area contributed by atoms with E-state index in [-0.39, 0.29) is 22.8 Å². The van der Waals surface area contributed by atoms with Gasteiger partial charge in [0.25, 0.3) is 0 Å². The fourth-order valence-corrected chi connectivity index (χ4v) is 5.08. The molecule has 1 aromatic carbocycles. The first-order chi connectivity index (χ1) is 18.1. The lowest BCUT2D eigenvalue weighted by Gasteiger charge is -2.39. The van der Waals surface area contributed by atoms with Gasteiger partial charge in [0.1, 0.15) is 18.2 Å². The van der Waals surface area contributed by atoms with Crippen LogP contribution >= 0.6 is 0 Å². The number of nitrogens with two attached hydrogens (primary N) is 1. The van der Waals surface area contributed by atoms with E-state index in [2.05, 4.69) is 25.3 Å². The van der Waals surface area contributed by atoms with Crippen molar-refractivity contribution in [2.24, 2.45) is 5.41 Å². The van der Waals surface area contributed by atoms with Crippen molar-refractivity contribution in [3.63, 3.8) is 0 Å². The molecule has 2 atom stereocenters. The summed E-state index contributed by atoms with van der Waals surface area (Å²) in [5.74, 6) is -0.989. The molecule has 0 aliphatic carbocycles. The first-order valence-electron chi connectivity index (χ1n) is 12.1. The largest absolute Gasteiger partial charge is 0.480 e. The Bertz CT molecular complexity index is 1280. The highest BCUT2D eigenvalue weighted by Crippen LogP contribution is 2.41. The van der Waals surface area contributed by atoms with Crippen molar-refractivity contribution in [2.75, 3.05) is 30.3 Å². The molecule has 4 heterocycles. The van der Waals surface area contributed by atoms with Crippen LogP contribution in [-0.4, -0.2) is 62.9 Å². The number of nitrogens with one attached hydrogen (secondary N) is 1. The van der Waals surface area contributed by atoms with E-state index < -0.39 is 24.3 Å². The van der Waals surface area contributed by atoms with Gasteiger partial charge in [-0.05, 0) is 30.2 Å². The van der Waals surface area contributed by atoms with E-state index in [4.69, 9.17) is 10.5 Å². The standard InChI is InChI=1S/C25H26F3N7O3/c26-25(27,28)21(16-3-1-15(2-4-16)17-11-30-14-31-12-17)38-20-9-19(33-23(29)34-20)35-7-5-24(6-8-35)10-18(22(36)37)32-13-24/h1-4,9,11-12,14,18,21,32H,5-8,10,13H2,(H,36,37)(H2,29,33,34)/t18?,21-/m1/s1. The van der Waals surface area contributed by atoms with Gasteiger partial charge in [-0.2, -0.15) is 23.1 Å². The second-order valence-corrected chi connectivity index (χ2v) is 9.67. The van der Waals surface area contributed by atoms with Gasteiger partial charge in [0.15, 0.2) is 0 Å². The van der Waals surface area contributed by atoms with Gasteiger partial charge in [0.2, 0.25) is 17.9 Å². The number of piperidine rings is 1. The highest BCUT2D eigenvalue weighted by atomic mass is 19.4. The zero-order valence-corrected chi connectivity index (χ0v) is 20.2. The number of hydrogen-bond donors (Lipinski definition) is 3. The van der Waals surface area contributed by atoms with E-state index >= 15 is 0 Å². The molecule has 1 unspecified atom stereocenters. The van der Waals surface area contributed by atoms with Gasteiger partial charge in [-0.3, -0.25) is 4.79 Å². The van der Waals surface area contributed by atoms with Crippen LogP contribution in [0.25, 0.3) is 11.1 Å². The summed E-state index contributed by atoms with van der Waals surface area (Å²) >= 11 is 0. The fraction of sp³-hybridized carbons (Fsp3) is 0.400. The number of carbonyl (C=O) groups is 1. The molecule has 2 fully saturated rings. The van der Waals surface area contributed by atoms with E-state index in [1.807, 2.05) is 4.90 Å². The third kappa shape index (κ3) is 5.47. The Balaban J connectivity index is 1.32. The predicted octanol–water partition coefficient (Wildman–Crippen LogP) is 3.23. The summed E-state index contributed by atoms with van der Waals surface area (Å²) in [5.41, 5.74) is 6.96. The van der Waals surface area contributed by atoms with Crippen LogP contribution in [0.5, 0.6) is 5.88 Å². The summed E-state index contributed by atoms with van der Waals surface area (Å²) in [4.78, 5) is 29.2. The maximum Gasteiger partial charge on any atom is 0.429 e. The van der Waals surface area contributed by atoms with Crippen molar-refractivity contribution in [2.45, 2.75) is 37.6 Å². The average molecular weight is 530 g/mol. The monoisotopic (exact) mass is 529 g/mol. The SMILES string of the molecule is Nc1nc(O[C@H](c2ccc(-c3cncnc3)cc2)C(F)(F)F)cc(N2CCC3(CC2)CNC(C(=O)O)C3)n1. The van der Waals surface area contributed by atoms with Crippen LogP contribution in [0.4, 0.5) is 24.9 Å². The summed E-state index contributed by atoms with van der Waals surface area (Å²) in [5, 5.41) is 12.3. The highest BCUT2D eigenvalue weighted by molar-refractivity contribution is 5.74. The molecule has 0 amide bonds. The molecule has 10 nitrogen and oxygen atoms in total. The molecule has 2 aliphatic rings. The lowest BCUT2D eigenvalue weighted by atomic mass is 9.76. The van der Waals surface area contributed by atoms with E-state index in [0.717, 1.165) is 0 Å². The molecular weight excluding hydrogens is 503 g/mol. The maximum absolute atomic E-state index is 14.1. The first-order valence-corrected chi connectivity index (χ1v) is 12.1. The molecular formula is C25H26F3N7O3. The van der Waals surface area contributed by atoms with E-state index in [9.17, 15) is 23.1 Å². The van der Waals surface area contributed by atoms with Crippen LogP contribution in [0.3, 0.4) is 0 Å². The highest BCUT2D eigenvalue weighted by Gasteiger charge is 2.45. The second kappa shape index (κ2) is 10.0. The van der Waals surface area contributed by atoms with E-state index in [1.165, 1.54) is 24.5 Å². The number of carboxylic acid groups (broad SMARTS) is 1. The Kier molecular flexibility index (Phi) is 6.78. The Morgan fingerprint density at radius 3 is 2.42 bits per heavy atom. The number of aliphatic carboxylic acids is 1. The van der Waals surface area contributed by atoms with Crippen LogP contribution < -0.4 is 20.7 Å². The Morgan fingerprint density at radius 2 is 1.82 bits per heavy atom. The molecule has 1 spiro atoms. The molecule has 3 aromatic rings. The molecule has 0 radical (unpaired) electrons. The minimum absolute atomic E-state index is 0.0986. The Morgan fingerprint density at radius 1 is 1.13 bits per heavy atom. The molecule has 2 aromatic heterocycles. The van der Waals surface area contributed by atoms with Gasteiger partial charge in [-0.25, -0.2) is 9.97 Å². The number of nitrogen functional groups attached to an aromatic ring is 1. The van der Waals surface area contributed by atoms with Crippen LogP contribution in [0.15, 0.2) is 49.1 Å². The zero-order chi connectivity index (χ0) is 26.9. The molecule has 13 heteroatoms. The van der Waals surface area contributed by atoms with Crippen LogP contribution in [0, 0.1) is 5.41 Å². The molecule has 0 bridgehead atoms. The maximum atomic E-state index is 14.1. The normalized spacial score (nSPS) is 19.9. The van der Waals surface area contributed by atoms with Crippen molar-refractivity contribution in [3.05, 3.63) is 54.6 Å². The number of alkyl halides is 3. The number of aromatic nitrogens is 4. The number of hydrogen-bond acceptors (Lipinski definition) is 9. The number of nitrogens with zero attached hydrogens (tertiary/aromatic N) is 5. The third-order valence-electron chi connectivity index (χ3n) is 7.16. The van der Waals surface area contributed by atoms with Gasteiger partial charge >= 0.3 is 12.1 Å². The van der Waals surface area contributed by atoms with Crippen molar-refractivity contribution in [1.29, 1.82) is 0 Å². The second-order valence-electron chi connectivity index (χ2n) is 9.67. The van der Waals surface area contributed by atoms with Crippen LogP contribution in [0.1, 0.15) is 30.9 Å². The number of halogens is 3. The lowest BCUT2D eigenvalue weighted by molar-refractivity contribution is -0.198. The topological polar surface area (TPSA) is 139 Å². The Labute approximate surface area is 216 Å². The Hall–Kier alpha value is -4.00. The van der Waals surface area contributed by atoms with Gasteiger partial charge in [0.05, 0.1) is 0 Å². The molecule has 2 aliphatic heterocycles. The van der Waals surface area contributed by atoms with Crippen molar-refractivity contribution in [1.82, 2.24) is 25.3 Å². The molecule has 4 N–H and O–H groups in total. The first kappa shape index (κ1) is 25.6. The lowest BCUT2D eigenvalue weighted by Crippen LogP contribution is -2.41. The molecule has 0 saturated carbocycles. The molecule has 38 heavy (non-hydrogen) atoms. The summed E-state index contributed by atoms with van der Waals surface area (Å²) in [6.07, 6.45) is -0.502. The number of anilines is 2. The van der Waals surface area contributed by atoms with E-state index in [1.54, 1.807) is 24.5 Å². The smallest absolute Gasteiger partial charge is 0.429 e. The van der Waals surface area contributed by atoms with Crippen molar-refractivity contribution >= 4 is 17.7 Å². The van der Waals surface area contributed by atoms with Gasteiger partial charge in [-0.1, -0.05) is 24.3 Å². The molecule has 2 saturated heterocycles.